The number of hydrogen-bond donors (Lipinski definition) is 1. The van der Waals surface area contributed by atoms with Crippen LogP contribution in [0.1, 0.15) is 24.4 Å². The monoisotopic (exact) mass is 269 g/mol. The lowest BCUT2D eigenvalue weighted by atomic mass is 10.1. The summed E-state index contributed by atoms with van der Waals surface area (Å²) in [6.07, 6.45) is 1.84. The van der Waals surface area contributed by atoms with Crippen LogP contribution in [0.2, 0.25) is 0 Å². The molecule has 3 aromatic rings. The fourth-order valence-electron chi connectivity index (χ4n) is 2.73. The number of para-hydroxylation sites is 1. The maximum absolute atomic E-state index is 4.71. The molecule has 0 aliphatic carbocycles. The quantitative estimate of drug-likeness (QED) is 0.789. The molecule has 1 N–H and O–H groups in total. The molecule has 0 bridgehead atoms. The summed E-state index contributed by atoms with van der Waals surface area (Å²) < 4.78 is 3.94. The third-order valence-corrected chi connectivity index (χ3v) is 3.69. The Kier molecular flexibility index (Phi) is 3.28. The van der Waals surface area contributed by atoms with Crippen LogP contribution in [-0.4, -0.2) is 26.6 Å². The summed E-state index contributed by atoms with van der Waals surface area (Å²) in [5.41, 5.74) is 3.32. The summed E-state index contributed by atoms with van der Waals surface area (Å²) in [6.45, 7) is 2.95. The van der Waals surface area contributed by atoms with Crippen LogP contribution in [0.15, 0.2) is 36.5 Å². The first-order valence-corrected chi connectivity index (χ1v) is 6.86. The number of aromatic nitrogens is 4. The molecule has 2 heterocycles. The van der Waals surface area contributed by atoms with Gasteiger partial charge in [-0.05, 0) is 26.1 Å². The van der Waals surface area contributed by atoms with E-state index in [0.717, 1.165) is 23.4 Å². The largest absolute Gasteiger partial charge is 0.307 e. The molecule has 20 heavy (non-hydrogen) atoms. The molecule has 0 fully saturated rings. The van der Waals surface area contributed by atoms with Gasteiger partial charge >= 0.3 is 0 Å². The highest BCUT2D eigenvalue weighted by Gasteiger charge is 2.21. The first-order chi connectivity index (χ1) is 9.76. The molecular weight excluding hydrogens is 250 g/mol. The van der Waals surface area contributed by atoms with Crippen LogP contribution >= 0.6 is 0 Å². The lowest BCUT2D eigenvalue weighted by Crippen LogP contribution is -2.22. The fraction of sp³-hybridized carbons (Fsp3) is 0.333. The first kappa shape index (κ1) is 12.9. The van der Waals surface area contributed by atoms with Crippen LogP contribution in [0.4, 0.5) is 0 Å². The van der Waals surface area contributed by atoms with E-state index in [1.807, 2.05) is 41.8 Å². The van der Waals surface area contributed by atoms with E-state index in [4.69, 9.17) is 5.10 Å². The van der Waals surface area contributed by atoms with Gasteiger partial charge in [-0.25, -0.2) is 0 Å². The molecule has 1 atom stereocenters. The van der Waals surface area contributed by atoms with Crippen molar-refractivity contribution in [2.75, 3.05) is 7.05 Å². The molecule has 0 radical (unpaired) electrons. The third-order valence-electron chi connectivity index (χ3n) is 3.69. The van der Waals surface area contributed by atoms with E-state index in [2.05, 4.69) is 35.5 Å². The Morgan fingerprint density at radius 2 is 2.05 bits per heavy atom. The van der Waals surface area contributed by atoms with E-state index in [0.29, 0.717) is 0 Å². The summed E-state index contributed by atoms with van der Waals surface area (Å²) >= 11 is 0. The van der Waals surface area contributed by atoms with Crippen molar-refractivity contribution in [1.82, 2.24) is 24.9 Å². The van der Waals surface area contributed by atoms with E-state index in [1.165, 1.54) is 5.39 Å². The first-order valence-electron chi connectivity index (χ1n) is 6.86. The Morgan fingerprint density at radius 3 is 2.80 bits per heavy atom. The Hall–Kier alpha value is -2.14. The smallest absolute Gasteiger partial charge is 0.0944 e. The predicted molar refractivity (Wildman–Crippen MR) is 79.5 cm³/mol. The molecule has 0 saturated heterocycles. The summed E-state index contributed by atoms with van der Waals surface area (Å²) in [5.74, 6) is 0. The highest BCUT2D eigenvalue weighted by atomic mass is 15.3. The molecule has 5 nitrogen and oxygen atoms in total. The maximum atomic E-state index is 4.71. The lowest BCUT2D eigenvalue weighted by Gasteiger charge is -2.16. The zero-order chi connectivity index (χ0) is 14.1. The number of fused-ring (bicyclic) bond motifs is 1. The Balaban J connectivity index is 2.17. The molecule has 104 valence electrons. The Morgan fingerprint density at radius 1 is 1.25 bits per heavy atom. The molecule has 0 spiro atoms. The maximum Gasteiger partial charge on any atom is 0.0944 e. The number of aryl methyl sites for hydroxylation is 2. The van der Waals surface area contributed by atoms with Crippen molar-refractivity contribution >= 4 is 10.9 Å². The van der Waals surface area contributed by atoms with Crippen LogP contribution < -0.4 is 5.32 Å². The van der Waals surface area contributed by atoms with Gasteiger partial charge in [0, 0.05) is 25.2 Å². The van der Waals surface area contributed by atoms with Crippen LogP contribution in [0.5, 0.6) is 0 Å². The molecule has 0 aliphatic heterocycles. The predicted octanol–water partition coefficient (Wildman–Crippen LogP) is 2.10. The SMILES string of the molecule is CCn1nccc1C(NC)c1nn(C)c2ccccc12. The normalized spacial score (nSPS) is 12.9. The van der Waals surface area contributed by atoms with Crippen molar-refractivity contribution in [3.8, 4) is 0 Å². The van der Waals surface area contributed by atoms with E-state index in [1.54, 1.807) is 0 Å². The summed E-state index contributed by atoms with van der Waals surface area (Å²) in [7, 11) is 3.94. The van der Waals surface area contributed by atoms with E-state index >= 15 is 0 Å². The minimum Gasteiger partial charge on any atom is -0.307 e. The number of rotatable bonds is 4. The second-order valence-corrected chi connectivity index (χ2v) is 4.82. The number of nitrogens with one attached hydrogen (secondary N) is 1. The van der Waals surface area contributed by atoms with Crippen molar-refractivity contribution in [3.63, 3.8) is 0 Å². The minimum absolute atomic E-state index is 0.0450. The third kappa shape index (κ3) is 1.91. The highest BCUT2D eigenvalue weighted by molar-refractivity contribution is 5.82. The Bertz CT molecular complexity index is 725. The van der Waals surface area contributed by atoms with Gasteiger partial charge in [-0.2, -0.15) is 10.2 Å². The van der Waals surface area contributed by atoms with Crippen molar-refractivity contribution in [1.29, 1.82) is 0 Å². The van der Waals surface area contributed by atoms with Crippen molar-refractivity contribution in [2.45, 2.75) is 19.5 Å². The topological polar surface area (TPSA) is 47.7 Å². The van der Waals surface area contributed by atoms with Gasteiger partial charge in [-0.1, -0.05) is 18.2 Å². The average molecular weight is 269 g/mol. The second kappa shape index (κ2) is 5.09. The van der Waals surface area contributed by atoms with Gasteiger partial charge in [0.1, 0.15) is 0 Å². The zero-order valence-corrected chi connectivity index (χ0v) is 12.0. The van der Waals surface area contributed by atoms with Crippen LogP contribution in [0.3, 0.4) is 0 Å². The van der Waals surface area contributed by atoms with Gasteiger partial charge in [0.05, 0.1) is 22.9 Å². The zero-order valence-electron chi connectivity index (χ0n) is 12.0. The number of hydrogen-bond acceptors (Lipinski definition) is 3. The van der Waals surface area contributed by atoms with E-state index in [9.17, 15) is 0 Å². The van der Waals surface area contributed by atoms with Gasteiger partial charge in [-0.15, -0.1) is 0 Å². The molecule has 0 saturated carbocycles. The van der Waals surface area contributed by atoms with Crippen molar-refractivity contribution < 1.29 is 0 Å². The number of benzene rings is 1. The highest BCUT2D eigenvalue weighted by Crippen LogP contribution is 2.27. The van der Waals surface area contributed by atoms with Gasteiger partial charge in [0.15, 0.2) is 0 Å². The van der Waals surface area contributed by atoms with Gasteiger partial charge in [0.25, 0.3) is 0 Å². The molecule has 0 aliphatic rings. The number of nitrogens with zero attached hydrogens (tertiary/aromatic N) is 4. The second-order valence-electron chi connectivity index (χ2n) is 4.82. The lowest BCUT2D eigenvalue weighted by molar-refractivity contribution is 0.552. The van der Waals surface area contributed by atoms with Gasteiger partial charge < -0.3 is 5.32 Å². The van der Waals surface area contributed by atoms with Crippen LogP contribution in [0, 0.1) is 0 Å². The molecule has 1 unspecified atom stereocenters. The molecule has 1 aromatic carbocycles. The average Bonchev–Trinajstić information content (AvgIpc) is 3.07. The molecular formula is C15H19N5. The van der Waals surface area contributed by atoms with Gasteiger partial charge in [0.2, 0.25) is 0 Å². The van der Waals surface area contributed by atoms with Crippen molar-refractivity contribution in [3.05, 3.63) is 47.9 Å². The van der Waals surface area contributed by atoms with Gasteiger partial charge in [-0.3, -0.25) is 9.36 Å². The summed E-state index contributed by atoms with van der Waals surface area (Å²) in [5, 5.41) is 13.6. The standard InChI is InChI=1S/C15H19N5/c1-4-20-13(9-10-17-20)15(16-2)14-11-7-5-6-8-12(11)19(3)18-14/h5-10,15-16H,4H2,1-3H3. The molecule has 2 aromatic heterocycles. The van der Waals surface area contributed by atoms with E-state index < -0.39 is 0 Å². The van der Waals surface area contributed by atoms with Crippen LogP contribution in [0.25, 0.3) is 10.9 Å². The molecule has 5 heteroatoms. The minimum atomic E-state index is 0.0450. The van der Waals surface area contributed by atoms with Crippen LogP contribution in [-0.2, 0) is 13.6 Å². The Labute approximate surface area is 118 Å². The fourth-order valence-corrected chi connectivity index (χ4v) is 2.73. The summed E-state index contributed by atoms with van der Waals surface area (Å²) in [6, 6.07) is 10.4. The molecule has 0 amide bonds. The van der Waals surface area contributed by atoms with E-state index in [-0.39, 0.29) is 6.04 Å². The van der Waals surface area contributed by atoms with Crippen molar-refractivity contribution in [2.24, 2.45) is 7.05 Å². The molecule has 3 rings (SSSR count). The summed E-state index contributed by atoms with van der Waals surface area (Å²) in [4.78, 5) is 0.